The summed E-state index contributed by atoms with van der Waals surface area (Å²) in [5.41, 5.74) is -0.685. The third-order valence-corrected chi connectivity index (χ3v) is 1.83. The van der Waals surface area contributed by atoms with Gasteiger partial charge in [-0.2, -0.15) is 0 Å². The van der Waals surface area contributed by atoms with Gasteiger partial charge in [-0.05, 0) is 18.7 Å². The Bertz CT molecular complexity index is 232. The molecule has 0 saturated heterocycles. The van der Waals surface area contributed by atoms with Crippen LogP contribution in [0.3, 0.4) is 0 Å². The molecule has 0 aromatic rings. The highest BCUT2D eigenvalue weighted by Crippen LogP contribution is 2.22. The van der Waals surface area contributed by atoms with Crippen LogP contribution in [0.4, 0.5) is 0 Å². The van der Waals surface area contributed by atoms with Crippen LogP contribution in [0, 0.1) is 0 Å². The fourth-order valence-electron chi connectivity index (χ4n) is 1.06. The Morgan fingerprint density at radius 2 is 2.55 bits per heavy atom. The Morgan fingerprint density at radius 1 is 1.91 bits per heavy atom. The first-order valence-electron chi connectivity index (χ1n) is 3.41. The van der Waals surface area contributed by atoms with Crippen LogP contribution in [0.15, 0.2) is 24.3 Å². The van der Waals surface area contributed by atoms with E-state index in [1.54, 1.807) is 13.1 Å². The number of carbonyl (C=O) groups excluding carboxylic acids is 1. The van der Waals surface area contributed by atoms with Gasteiger partial charge in [0.2, 0.25) is 0 Å². The minimum Gasteiger partial charge on any atom is -0.366 e. The molecule has 3 nitrogen and oxygen atoms in total. The molecule has 0 unspecified atom stereocenters. The largest absolute Gasteiger partial charge is 0.366 e. The summed E-state index contributed by atoms with van der Waals surface area (Å²) in [4.78, 5) is 11.1. The van der Waals surface area contributed by atoms with Crippen molar-refractivity contribution in [3.63, 3.8) is 0 Å². The maximum absolute atomic E-state index is 11.1. The minimum atomic E-state index is -1.45. The van der Waals surface area contributed by atoms with Gasteiger partial charge in [0.1, 0.15) is 0 Å². The lowest BCUT2D eigenvalue weighted by atomic mass is 10.2. The first-order chi connectivity index (χ1) is 5.12. The molecule has 0 saturated carbocycles. The summed E-state index contributed by atoms with van der Waals surface area (Å²) >= 11 is 0. The first kappa shape index (κ1) is 8.17. The Morgan fingerprint density at radius 3 is 2.82 bits per heavy atom. The molecule has 0 aromatic heterocycles. The third kappa shape index (κ3) is 1.25. The van der Waals surface area contributed by atoms with Gasteiger partial charge in [0.25, 0.3) is 0 Å². The van der Waals surface area contributed by atoms with Crippen molar-refractivity contribution < 1.29 is 9.90 Å². The SMILES string of the molecule is C=CC1=C[C@@](O)(NC)C(=O)C1. The molecule has 0 amide bonds. The highest BCUT2D eigenvalue weighted by molar-refractivity contribution is 5.94. The van der Waals surface area contributed by atoms with E-state index in [9.17, 15) is 9.90 Å². The van der Waals surface area contributed by atoms with Crippen molar-refractivity contribution in [2.45, 2.75) is 12.1 Å². The Labute approximate surface area is 65.4 Å². The molecule has 1 aliphatic rings. The third-order valence-electron chi connectivity index (χ3n) is 1.83. The van der Waals surface area contributed by atoms with Gasteiger partial charge in [-0.15, -0.1) is 0 Å². The molecule has 11 heavy (non-hydrogen) atoms. The van der Waals surface area contributed by atoms with Crippen LogP contribution in [0.1, 0.15) is 6.42 Å². The van der Waals surface area contributed by atoms with Gasteiger partial charge in [-0.1, -0.05) is 12.7 Å². The number of hydrogen-bond acceptors (Lipinski definition) is 3. The second-order valence-corrected chi connectivity index (χ2v) is 2.54. The monoisotopic (exact) mass is 153 g/mol. The van der Waals surface area contributed by atoms with Crippen molar-refractivity contribution in [1.82, 2.24) is 5.32 Å². The lowest BCUT2D eigenvalue weighted by Gasteiger charge is -2.16. The second kappa shape index (κ2) is 2.60. The molecule has 3 heteroatoms. The Hall–Kier alpha value is -0.930. The number of nitrogens with one attached hydrogen (secondary N) is 1. The quantitative estimate of drug-likeness (QED) is 0.548. The van der Waals surface area contributed by atoms with E-state index in [2.05, 4.69) is 11.9 Å². The van der Waals surface area contributed by atoms with Crippen LogP contribution >= 0.6 is 0 Å². The highest BCUT2D eigenvalue weighted by atomic mass is 16.3. The zero-order valence-electron chi connectivity index (χ0n) is 6.42. The van der Waals surface area contributed by atoms with Crippen LogP contribution in [0.2, 0.25) is 0 Å². The molecular formula is C8H11NO2. The van der Waals surface area contributed by atoms with Crippen molar-refractivity contribution in [2.24, 2.45) is 0 Å². The molecule has 0 heterocycles. The summed E-state index contributed by atoms with van der Waals surface area (Å²) in [5, 5.41) is 12.0. The zero-order valence-corrected chi connectivity index (χ0v) is 6.42. The van der Waals surface area contributed by atoms with E-state index >= 15 is 0 Å². The molecule has 2 N–H and O–H groups in total. The van der Waals surface area contributed by atoms with Crippen molar-refractivity contribution in [3.05, 3.63) is 24.3 Å². The number of aliphatic hydroxyl groups is 1. The van der Waals surface area contributed by atoms with Gasteiger partial charge >= 0.3 is 0 Å². The van der Waals surface area contributed by atoms with E-state index in [-0.39, 0.29) is 12.2 Å². The van der Waals surface area contributed by atoms with E-state index in [0.29, 0.717) is 0 Å². The summed E-state index contributed by atoms with van der Waals surface area (Å²) in [6, 6.07) is 0. The van der Waals surface area contributed by atoms with Gasteiger partial charge in [0.15, 0.2) is 11.5 Å². The summed E-state index contributed by atoms with van der Waals surface area (Å²) < 4.78 is 0. The molecule has 0 aromatic carbocycles. The molecule has 60 valence electrons. The molecule has 0 aliphatic heterocycles. The molecule has 0 spiro atoms. The molecule has 0 radical (unpaired) electrons. The number of carbonyl (C=O) groups is 1. The Kier molecular flexibility index (Phi) is 1.93. The molecule has 1 rings (SSSR count). The van der Waals surface area contributed by atoms with Crippen LogP contribution in [-0.4, -0.2) is 23.7 Å². The van der Waals surface area contributed by atoms with Gasteiger partial charge in [0, 0.05) is 6.42 Å². The van der Waals surface area contributed by atoms with Crippen molar-refractivity contribution in [1.29, 1.82) is 0 Å². The number of hydrogen-bond donors (Lipinski definition) is 2. The highest BCUT2D eigenvalue weighted by Gasteiger charge is 2.36. The average molecular weight is 153 g/mol. The number of likely N-dealkylation sites (N-methyl/N-ethyl adjacent to an activating group) is 1. The fraction of sp³-hybridized carbons (Fsp3) is 0.375. The van der Waals surface area contributed by atoms with Crippen molar-refractivity contribution in [2.75, 3.05) is 7.05 Å². The second-order valence-electron chi connectivity index (χ2n) is 2.54. The molecular weight excluding hydrogens is 142 g/mol. The van der Waals surface area contributed by atoms with Crippen molar-refractivity contribution >= 4 is 5.78 Å². The first-order valence-corrected chi connectivity index (χ1v) is 3.41. The summed E-state index contributed by atoms with van der Waals surface area (Å²) in [6.45, 7) is 3.52. The number of Topliss-reactive ketones (excluding diaryl/α,β-unsaturated/α-hetero) is 1. The van der Waals surface area contributed by atoms with Crippen LogP contribution < -0.4 is 5.32 Å². The van der Waals surface area contributed by atoms with E-state index in [0.717, 1.165) is 5.57 Å². The lowest BCUT2D eigenvalue weighted by molar-refractivity contribution is -0.132. The van der Waals surface area contributed by atoms with Gasteiger partial charge in [0.05, 0.1) is 0 Å². The predicted molar refractivity (Wildman–Crippen MR) is 41.9 cm³/mol. The normalized spacial score (nSPS) is 30.4. The summed E-state index contributed by atoms with van der Waals surface area (Å²) in [5.74, 6) is -0.227. The molecule has 1 aliphatic carbocycles. The summed E-state index contributed by atoms with van der Waals surface area (Å²) in [6.07, 6.45) is 3.33. The summed E-state index contributed by atoms with van der Waals surface area (Å²) in [7, 11) is 1.54. The minimum absolute atomic E-state index is 0.227. The van der Waals surface area contributed by atoms with Crippen LogP contribution in [0.5, 0.6) is 0 Å². The number of ketones is 1. The van der Waals surface area contributed by atoms with Crippen molar-refractivity contribution in [3.8, 4) is 0 Å². The van der Waals surface area contributed by atoms with Gasteiger partial charge in [-0.3, -0.25) is 10.1 Å². The number of rotatable bonds is 2. The zero-order chi connectivity index (χ0) is 8.48. The van der Waals surface area contributed by atoms with Gasteiger partial charge < -0.3 is 5.11 Å². The molecule has 0 fully saturated rings. The lowest BCUT2D eigenvalue weighted by Crippen LogP contribution is -2.45. The maximum Gasteiger partial charge on any atom is 0.196 e. The van der Waals surface area contributed by atoms with E-state index in [4.69, 9.17) is 0 Å². The van der Waals surface area contributed by atoms with Gasteiger partial charge in [-0.25, -0.2) is 0 Å². The van der Waals surface area contributed by atoms with E-state index in [1.807, 2.05) is 0 Å². The fourth-order valence-corrected chi connectivity index (χ4v) is 1.06. The number of allylic oxidation sites excluding steroid dienone is 2. The smallest absolute Gasteiger partial charge is 0.196 e. The standard InChI is InChI=1S/C8H11NO2/c1-3-6-4-7(10)8(11,5-6)9-2/h3,5,9,11H,1,4H2,2H3/t8-/m0/s1. The van der Waals surface area contributed by atoms with E-state index in [1.165, 1.54) is 6.08 Å². The molecule has 0 bridgehead atoms. The average Bonchev–Trinajstić information content (AvgIpc) is 2.29. The topological polar surface area (TPSA) is 49.3 Å². The van der Waals surface area contributed by atoms with Crippen LogP contribution in [-0.2, 0) is 4.79 Å². The predicted octanol–water partition coefficient (Wildman–Crippen LogP) is -0.0204. The van der Waals surface area contributed by atoms with E-state index < -0.39 is 5.72 Å². The van der Waals surface area contributed by atoms with Crippen LogP contribution in [0.25, 0.3) is 0 Å². The molecule has 1 atom stereocenters. The maximum atomic E-state index is 11.1. The Balaban J connectivity index is 2.91.